The van der Waals surface area contributed by atoms with E-state index in [2.05, 4.69) is 25.6 Å². The second kappa shape index (κ2) is 11.6. The average Bonchev–Trinajstić information content (AvgIpc) is 2.61. The lowest BCUT2D eigenvalue weighted by molar-refractivity contribution is 0.396. The Kier molecular flexibility index (Phi) is 9.74. The first kappa shape index (κ1) is 20.1. The van der Waals surface area contributed by atoms with E-state index < -0.39 is 0 Å². The van der Waals surface area contributed by atoms with E-state index in [0.29, 0.717) is 12.4 Å². The molecule has 2 aromatic rings. The highest BCUT2D eigenvalue weighted by Gasteiger charge is 2.00. The zero-order valence-electron chi connectivity index (χ0n) is 14.0. The standard InChI is InChI=1S/C17H23N5O.HI/c1-3-18-17(20-12-10-14-7-4-5-11-19-14)21-13-15-8-6-9-16(22-15)23-2;/h4-9,11H,3,10,12-13H2,1-2H3,(H2,18,20,21);1H. The fraction of sp³-hybridized carbons (Fsp3) is 0.353. The predicted molar refractivity (Wildman–Crippen MR) is 107 cm³/mol. The van der Waals surface area contributed by atoms with Gasteiger partial charge in [0.1, 0.15) is 0 Å². The number of nitrogens with one attached hydrogen (secondary N) is 2. The summed E-state index contributed by atoms with van der Waals surface area (Å²) in [7, 11) is 1.61. The van der Waals surface area contributed by atoms with E-state index in [9.17, 15) is 0 Å². The van der Waals surface area contributed by atoms with Crippen molar-refractivity contribution in [1.29, 1.82) is 0 Å². The van der Waals surface area contributed by atoms with Crippen molar-refractivity contribution in [2.24, 2.45) is 4.99 Å². The molecule has 2 heterocycles. The van der Waals surface area contributed by atoms with Crippen LogP contribution >= 0.6 is 24.0 Å². The largest absolute Gasteiger partial charge is 0.481 e. The summed E-state index contributed by atoms with van der Waals surface area (Å²) in [5.74, 6) is 1.37. The molecule has 2 N–H and O–H groups in total. The molecule has 0 spiro atoms. The number of hydrogen-bond donors (Lipinski definition) is 2. The molecule has 0 unspecified atom stereocenters. The summed E-state index contributed by atoms with van der Waals surface area (Å²) >= 11 is 0. The highest BCUT2D eigenvalue weighted by molar-refractivity contribution is 14.0. The summed E-state index contributed by atoms with van der Waals surface area (Å²) in [5, 5.41) is 6.54. The van der Waals surface area contributed by atoms with Gasteiger partial charge < -0.3 is 15.4 Å². The third-order valence-electron chi connectivity index (χ3n) is 3.13. The average molecular weight is 441 g/mol. The summed E-state index contributed by atoms with van der Waals surface area (Å²) in [6.07, 6.45) is 2.66. The van der Waals surface area contributed by atoms with Crippen molar-refractivity contribution >= 4 is 29.9 Å². The lowest BCUT2D eigenvalue weighted by atomic mass is 10.3. The maximum absolute atomic E-state index is 5.13. The molecule has 0 radical (unpaired) electrons. The van der Waals surface area contributed by atoms with Crippen molar-refractivity contribution in [2.45, 2.75) is 19.9 Å². The minimum absolute atomic E-state index is 0. The molecule has 6 nitrogen and oxygen atoms in total. The predicted octanol–water partition coefficient (Wildman–Crippen LogP) is 2.40. The quantitative estimate of drug-likeness (QED) is 0.393. The molecule has 0 saturated heterocycles. The molecule has 0 aliphatic rings. The van der Waals surface area contributed by atoms with Crippen LogP contribution in [0.2, 0.25) is 0 Å². The number of guanidine groups is 1. The topological polar surface area (TPSA) is 71.4 Å². The lowest BCUT2D eigenvalue weighted by Gasteiger charge is -2.11. The molecule has 0 aromatic carbocycles. The van der Waals surface area contributed by atoms with Crippen molar-refractivity contribution in [2.75, 3.05) is 20.2 Å². The van der Waals surface area contributed by atoms with Gasteiger partial charge in [0.2, 0.25) is 5.88 Å². The number of rotatable bonds is 7. The van der Waals surface area contributed by atoms with Crippen LogP contribution in [0, 0.1) is 0 Å². The Balaban J connectivity index is 0.00000288. The van der Waals surface area contributed by atoms with Gasteiger partial charge in [-0.3, -0.25) is 4.98 Å². The van der Waals surface area contributed by atoms with Gasteiger partial charge in [0.15, 0.2) is 5.96 Å². The maximum atomic E-state index is 5.13. The molecule has 0 saturated carbocycles. The Labute approximate surface area is 160 Å². The first-order valence-electron chi connectivity index (χ1n) is 7.74. The summed E-state index contributed by atoms with van der Waals surface area (Å²) < 4.78 is 5.13. The molecule has 24 heavy (non-hydrogen) atoms. The van der Waals surface area contributed by atoms with Crippen LogP contribution in [-0.4, -0.2) is 36.1 Å². The Morgan fingerprint density at radius 2 is 1.96 bits per heavy atom. The smallest absolute Gasteiger partial charge is 0.213 e. The van der Waals surface area contributed by atoms with E-state index in [1.807, 2.05) is 49.5 Å². The summed E-state index contributed by atoms with van der Waals surface area (Å²) in [5.41, 5.74) is 1.93. The number of hydrogen-bond acceptors (Lipinski definition) is 4. The van der Waals surface area contributed by atoms with Crippen LogP contribution in [-0.2, 0) is 13.0 Å². The number of halogens is 1. The van der Waals surface area contributed by atoms with Crippen molar-refractivity contribution < 1.29 is 4.74 Å². The number of methoxy groups -OCH3 is 1. The van der Waals surface area contributed by atoms with Gasteiger partial charge in [-0.15, -0.1) is 24.0 Å². The molecular weight excluding hydrogens is 417 g/mol. The highest BCUT2D eigenvalue weighted by Crippen LogP contribution is 2.07. The summed E-state index contributed by atoms with van der Waals surface area (Å²) in [6, 6.07) is 11.6. The minimum atomic E-state index is 0. The zero-order chi connectivity index (χ0) is 16.3. The number of pyridine rings is 2. The molecule has 0 fully saturated rings. The fourth-order valence-electron chi connectivity index (χ4n) is 2.02. The van der Waals surface area contributed by atoms with Crippen LogP contribution in [0.3, 0.4) is 0 Å². The summed E-state index contributed by atoms with van der Waals surface area (Å²) in [6.45, 7) is 4.12. The van der Waals surface area contributed by atoms with Crippen molar-refractivity contribution in [3.63, 3.8) is 0 Å². The van der Waals surface area contributed by atoms with Gasteiger partial charge in [-0.05, 0) is 25.1 Å². The molecule has 2 rings (SSSR count). The Morgan fingerprint density at radius 3 is 2.67 bits per heavy atom. The van der Waals surface area contributed by atoms with Gasteiger partial charge in [0.05, 0.1) is 19.3 Å². The van der Waals surface area contributed by atoms with Gasteiger partial charge in [-0.25, -0.2) is 9.98 Å². The minimum Gasteiger partial charge on any atom is -0.481 e. The second-order valence-corrected chi connectivity index (χ2v) is 4.86. The number of ether oxygens (including phenoxy) is 1. The molecule has 0 atom stereocenters. The Morgan fingerprint density at radius 1 is 1.12 bits per heavy atom. The Hall–Kier alpha value is -1.90. The highest BCUT2D eigenvalue weighted by atomic mass is 127. The maximum Gasteiger partial charge on any atom is 0.213 e. The van der Waals surface area contributed by atoms with E-state index in [-0.39, 0.29) is 24.0 Å². The third-order valence-corrected chi connectivity index (χ3v) is 3.13. The van der Waals surface area contributed by atoms with E-state index >= 15 is 0 Å². The second-order valence-electron chi connectivity index (χ2n) is 4.86. The van der Waals surface area contributed by atoms with Crippen LogP contribution < -0.4 is 15.4 Å². The summed E-state index contributed by atoms with van der Waals surface area (Å²) in [4.78, 5) is 13.2. The van der Waals surface area contributed by atoms with E-state index in [1.165, 1.54) is 0 Å². The third kappa shape index (κ3) is 7.12. The molecule has 130 valence electrons. The normalized spacial score (nSPS) is 10.7. The molecule has 0 bridgehead atoms. The van der Waals surface area contributed by atoms with E-state index in [4.69, 9.17) is 4.74 Å². The van der Waals surface area contributed by atoms with Crippen LogP contribution in [0.25, 0.3) is 0 Å². The van der Waals surface area contributed by atoms with Gasteiger partial charge in [0, 0.05) is 37.5 Å². The van der Waals surface area contributed by atoms with Gasteiger partial charge in [-0.2, -0.15) is 0 Å². The van der Waals surface area contributed by atoms with Crippen molar-refractivity contribution in [1.82, 2.24) is 20.6 Å². The van der Waals surface area contributed by atoms with E-state index in [0.717, 1.165) is 36.9 Å². The first-order chi connectivity index (χ1) is 11.3. The lowest BCUT2D eigenvalue weighted by Crippen LogP contribution is -2.38. The van der Waals surface area contributed by atoms with Crippen LogP contribution in [0.5, 0.6) is 5.88 Å². The van der Waals surface area contributed by atoms with E-state index in [1.54, 1.807) is 7.11 Å². The monoisotopic (exact) mass is 441 g/mol. The molecule has 2 aromatic heterocycles. The molecular formula is C17H24IN5O. The molecule has 7 heteroatoms. The molecule has 0 amide bonds. The SMILES string of the molecule is CCNC(=NCc1cccc(OC)n1)NCCc1ccccn1.I. The van der Waals surface area contributed by atoms with Crippen molar-refractivity contribution in [3.8, 4) is 5.88 Å². The van der Waals surface area contributed by atoms with Gasteiger partial charge >= 0.3 is 0 Å². The molecule has 0 aliphatic carbocycles. The fourth-order valence-corrected chi connectivity index (χ4v) is 2.02. The van der Waals surface area contributed by atoms with Gasteiger partial charge in [0.25, 0.3) is 0 Å². The Bertz CT molecular complexity index is 621. The van der Waals surface area contributed by atoms with Gasteiger partial charge in [-0.1, -0.05) is 12.1 Å². The van der Waals surface area contributed by atoms with Crippen LogP contribution in [0.15, 0.2) is 47.6 Å². The number of aromatic nitrogens is 2. The first-order valence-corrected chi connectivity index (χ1v) is 7.74. The van der Waals surface area contributed by atoms with Crippen molar-refractivity contribution in [3.05, 3.63) is 54.0 Å². The zero-order valence-corrected chi connectivity index (χ0v) is 16.4. The number of aliphatic imine (C=N–C) groups is 1. The van der Waals surface area contributed by atoms with Crippen LogP contribution in [0.4, 0.5) is 0 Å². The van der Waals surface area contributed by atoms with Crippen LogP contribution in [0.1, 0.15) is 18.3 Å². The number of nitrogens with zero attached hydrogens (tertiary/aromatic N) is 3. The molecule has 0 aliphatic heterocycles.